The summed E-state index contributed by atoms with van der Waals surface area (Å²) in [6.07, 6.45) is 4.25. The van der Waals surface area contributed by atoms with Gasteiger partial charge in [0.2, 0.25) is 11.8 Å². The van der Waals surface area contributed by atoms with Crippen LogP contribution in [0.5, 0.6) is 0 Å². The number of nitrogens with zero attached hydrogens (tertiary/aromatic N) is 2. The highest BCUT2D eigenvalue weighted by atomic mass is 35.5. The molecule has 0 radical (unpaired) electrons. The molecule has 8 nitrogen and oxygen atoms in total. The largest absolute Gasteiger partial charge is 0.335 e. The molecule has 2 aromatic rings. The molecule has 2 aromatic carbocycles. The van der Waals surface area contributed by atoms with Crippen LogP contribution in [0.25, 0.3) is 0 Å². The Labute approximate surface area is 274 Å². The third-order valence-electron chi connectivity index (χ3n) is 8.59. The van der Waals surface area contributed by atoms with E-state index in [2.05, 4.69) is 19.2 Å². The Hall–Kier alpha value is -2.20. The molecule has 44 heavy (non-hydrogen) atoms. The van der Waals surface area contributed by atoms with Crippen molar-refractivity contribution in [3.8, 4) is 0 Å². The second-order valence-electron chi connectivity index (χ2n) is 12.7. The summed E-state index contributed by atoms with van der Waals surface area (Å²) in [7, 11) is 0. The summed E-state index contributed by atoms with van der Waals surface area (Å²) >= 11 is 12.3. The van der Waals surface area contributed by atoms with Crippen LogP contribution in [-0.2, 0) is 22.4 Å². The number of nitrogens with one attached hydrogen (secondary N) is 1. The van der Waals surface area contributed by atoms with Gasteiger partial charge in [0.25, 0.3) is 0 Å². The van der Waals surface area contributed by atoms with Crippen LogP contribution in [0.15, 0.2) is 36.4 Å². The number of unbranched alkanes of at least 4 members (excludes halogenated alkanes) is 1. The summed E-state index contributed by atoms with van der Waals surface area (Å²) in [6, 6.07) is 9.67. The van der Waals surface area contributed by atoms with Crippen molar-refractivity contribution in [1.29, 1.82) is 0 Å². The number of halogens is 2. The number of carbonyl (C=O) groups excluding carboxylic acids is 2. The molecule has 0 spiro atoms. The third-order valence-corrected chi connectivity index (χ3v) is 9.06. The number of aryl methyl sites for hydroxylation is 2. The van der Waals surface area contributed by atoms with Crippen molar-refractivity contribution in [2.75, 3.05) is 32.7 Å². The van der Waals surface area contributed by atoms with Crippen molar-refractivity contribution in [2.45, 2.75) is 90.4 Å². The van der Waals surface area contributed by atoms with Crippen molar-refractivity contribution in [2.24, 2.45) is 23.1 Å². The molecule has 1 aliphatic heterocycles. The molecule has 0 aromatic heterocycles. The quantitative estimate of drug-likeness (QED) is 0.214. The van der Waals surface area contributed by atoms with E-state index in [9.17, 15) is 9.59 Å². The molecule has 1 saturated heterocycles. The van der Waals surface area contributed by atoms with E-state index in [1.165, 1.54) is 0 Å². The van der Waals surface area contributed by atoms with E-state index in [0.29, 0.717) is 48.4 Å². The van der Waals surface area contributed by atoms with E-state index < -0.39 is 12.1 Å². The van der Waals surface area contributed by atoms with Gasteiger partial charge in [-0.05, 0) is 105 Å². The van der Waals surface area contributed by atoms with Crippen LogP contribution >= 0.6 is 23.2 Å². The fourth-order valence-electron chi connectivity index (χ4n) is 6.19. The topological polar surface area (TPSA) is 131 Å². The zero-order valence-electron chi connectivity index (χ0n) is 26.8. The second kappa shape index (κ2) is 17.5. The van der Waals surface area contributed by atoms with Crippen LogP contribution in [0.1, 0.15) is 61.8 Å². The number of carbonyl (C=O) groups is 2. The smallest absolute Gasteiger partial charge is 0.240 e. The fraction of sp³-hybridized carbons (Fsp3) is 0.588. The molecule has 10 heteroatoms. The lowest BCUT2D eigenvalue weighted by atomic mass is 9.92. The first kappa shape index (κ1) is 36.3. The maximum Gasteiger partial charge on any atom is 0.240 e. The van der Waals surface area contributed by atoms with Crippen LogP contribution in [0.4, 0.5) is 0 Å². The summed E-state index contributed by atoms with van der Waals surface area (Å²) < 4.78 is 0. The van der Waals surface area contributed by atoms with Crippen molar-refractivity contribution >= 4 is 35.0 Å². The minimum Gasteiger partial charge on any atom is -0.335 e. The van der Waals surface area contributed by atoms with Gasteiger partial charge in [0.15, 0.2) is 0 Å². The van der Waals surface area contributed by atoms with Gasteiger partial charge in [0.1, 0.15) is 0 Å². The van der Waals surface area contributed by atoms with Crippen molar-refractivity contribution < 1.29 is 9.59 Å². The number of amides is 2. The van der Waals surface area contributed by atoms with Crippen molar-refractivity contribution in [3.63, 3.8) is 0 Å². The lowest BCUT2D eigenvalue weighted by Gasteiger charge is -2.48. The number of nitrogens with two attached hydrogens (primary N) is 3. The number of piperazine rings is 1. The van der Waals surface area contributed by atoms with E-state index >= 15 is 0 Å². The van der Waals surface area contributed by atoms with E-state index in [1.54, 1.807) is 0 Å². The van der Waals surface area contributed by atoms with Gasteiger partial charge in [-0.25, -0.2) is 0 Å². The summed E-state index contributed by atoms with van der Waals surface area (Å²) in [4.78, 5) is 31.9. The maximum atomic E-state index is 14.0. The summed E-state index contributed by atoms with van der Waals surface area (Å²) in [6.45, 7) is 11.4. The molecular weight excluding hydrogens is 595 g/mol. The minimum atomic E-state index is -0.694. The summed E-state index contributed by atoms with van der Waals surface area (Å²) in [5.41, 5.74) is 22.9. The van der Waals surface area contributed by atoms with Crippen LogP contribution in [0.2, 0.25) is 10.0 Å². The number of rotatable bonds is 15. The lowest BCUT2D eigenvalue weighted by Crippen LogP contribution is -2.65. The Morgan fingerprint density at radius 2 is 1.34 bits per heavy atom. The molecule has 3 unspecified atom stereocenters. The Bertz CT molecular complexity index is 1240. The molecule has 244 valence electrons. The summed E-state index contributed by atoms with van der Waals surface area (Å²) in [5.74, 6) is 0.179. The average molecular weight is 648 g/mol. The minimum absolute atomic E-state index is 0.0761. The van der Waals surface area contributed by atoms with E-state index in [-0.39, 0.29) is 23.9 Å². The van der Waals surface area contributed by atoms with Crippen LogP contribution < -0.4 is 22.5 Å². The SMILES string of the molecule is Cc1cc(Cl)ccc1CC(N)C(=O)N1C[C@@H](CC(C)C)N(C(=O)C(N)Cc2ccc(Cl)cc2C)CC1CCCCNCCN. The van der Waals surface area contributed by atoms with Crippen molar-refractivity contribution in [1.82, 2.24) is 15.1 Å². The highest BCUT2D eigenvalue weighted by Gasteiger charge is 2.41. The van der Waals surface area contributed by atoms with E-state index in [1.807, 2.05) is 60.0 Å². The van der Waals surface area contributed by atoms with Gasteiger partial charge in [-0.2, -0.15) is 0 Å². The molecule has 2 amide bonds. The maximum absolute atomic E-state index is 14.0. The molecule has 1 heterocycles. The first-order valence-electron chi connectivity index (χ1n) is 15.9. The first-order valence-corrected chi connectivity index (χ1v) is 16.7. The lowest BCUT2D eigenvalue weighted by molar-refractivity contribution is -0.149. The molecule has 7 N–H and O–H groups in total. The van der Waals surface area contributed by atoms with Gasteiger partial charge in [-0.15, -0.1) is 0 Å². The molecule has 4 atom stereocenters. The van der Waals surface area contributed by atoms with Gasteiger partial charge in [0.05, 0.1) is 12.1 Å². The van der Waals surface area contributed by atoms with Gasteiger partial charge in [0, 0.05) is 48.3 Å². The monoisotopic (exact) mass is 646 g/mol. The van der Waals surface area contributed by atoms with E-state index in [4.69, 9.17) is 40.4 Å². The van der Waals surface area contributed by atoms with Gasteiger partial charge in [-0.1, -0.05) is 55.6 Å². The molecule has 1 aliphatic rings. The number of hydrogen-bond acceptors (Lipinski definition) is 6. The van der Waals surface area contributed by atoms with Gasteiger partial charge < -0.3 is 32.3 Å². The molecule has 0 saturated carbocycles. The second-order valence-corrected chi connectivity index (χ2v) is 13.6. The normalized spacial score (nSPS) is 18.5. The third kappa shape index (κ3) is 10.4. The predicted molar refractivity (Wildman–Crippen MR) is 182 cm³/mol. The van der Waals surface area contributed by atoms with Crippen LogP contribution in [0, 0.1) is 19.8 Å². The zero-order chi connectivity index (χ0) is 32.4. The van der Waals surface area contributed by atoms with Gasteiger partial charge >= 0.3 is 0 Å². The first-order chi connectivity index (χ1) is 20.9. The molecule has 0 bridgehead atoms. The molecule has 3 rings (SSSR count). The number of hydrogen-bond donors (Lipinski definition) is 4. The van der Waals surface area contributed by atoms with Crippen LogP contribution in [-0.4, -0.2) is 78.5 Å². The predicted octanol–water partition coefficient (Wildman–Crippen LogP) is 4.22. The Balaban J connectivity index is 1.82. The fourth-order valence-corrected chi connectivity index (χ4v) is 6.64. The van der Waals surface area contributed by atoms with E-state index in [0.717, 1.165) is 61.0 Å². The average Bonchev–Trinajstić information content (AvgIpc) is 2.97. The molecule has 0 aliphatic carbocycles. The van der Waals surface area contributed by atoms with Gasteiger partial charge in [-0.3, -0.25) is 9.59 Å². The Morgan fingerprint density at radius 1 is 0.841 bits per heavy atom. The standard InChI is InChI=1S/C34H52Cl2N6O2/c1-22(2)15-30-21-41(33(43)31(38)18-25-8-10-27(35)16-23(25)3)29(7-5-6-13-40-14-12-37)20-42(30)34(44)32(39)19-26-9-11-28(36)17-24(26)4/h8-11,16-17,22,29-32,40H,5-7,12-15,18-21,37-39H2,1-4H3/t29?,30-,31?,32?/m1/s1. The van der Waals surface area contributed by atoms with Crippen molar-refractivity contribution in [3.05, 3.63) is 68.7 Å². The highest BCUT2D eigenvalue weighted by molar-refractivity contribution is 6.30. The number of benzene rings is 2. The Kier molecular flexibility index (Phi) is 14.4. The molecule has 1 fully saturated rings. The molecular formula is C34H52Cl2N6O2. The highest BCUT2D eigenvalue weighted by Crippen LogP contribution is 2.27. The Morgan fingerprint density at radius 3 is 1.82 bits per heavy atom. The summed E-state index contributed by atoms with van der Waals surface area (Å²) in [5, 5.41) is 4.66. The van der Waals surface area contributed by atoms with Crippen LogP contribution in [0.3, 0.4) is 0 Å². The zero-order valence-corrected chi connectivity index (χ0v) is 28.3.